The number of nitrogens with zero attached hydrogens (tertiary/aromatic N) is 1. The van der Waals surface area contributed by atoms with Crippen LogP contribution in [0, 0.1) is 0 Å². The van der Waals surface area contributed by atoms with Crippen molar-refractivity contribution in [2.75, 3.05) is 0 Å². The molecule has 0 spiro atoms. The molecule has 1 aromatic rings. The zero-order valence-corrected chi connectivity index (χ0v) is 6.67. The molecule has 1 rings (SSSR count). The molecule has 0 fully saturated rings. The van der Waals surface area contributed by atoms with Crippen molar-refractivity contribution in [3.63, 3.8) is 0 Å². The van der Waals surface area contributed by atoms with Gasteiger partial charge in [0.15, 0.2) is 0 Å². The predicted molar refractivity (Wildman–Crippen MR) is 41.9 cm³/mol. The van der Waals surface area contributed by atoms with Crippen molar-refractivity contribution in [2.24, 2.45) is 0 Å². The van der Waals surface area contributed by atoms with Gasteiger partial charge in [0.2, 0.25) is 0 Å². The minimum atomic E-state index is 0.929. The molecule has 0 radical (unpaired) electrons. The Hall–Kier alpha value is -0.360. The Morgan fingerprint density at radius 3 is 3.00 bits per heavy atom. The summed E-state index contributed by atoms with van der Waals surface area (Å²) in [5.41, 5.74) is 2.15. The van der Waals surface area contributed by atoms with Crippen LogP contribution < -0.4 is 5.57 Å². The summed E-state index contributed by atoms with van der Waals surface area (Å²) in [6.45, 7) is 2.16. The molecule has 9 heavy (non-hydrogen) atoms. The molecule has 1 heterocycles. The van der Waals surface area contributed by atoms with Gasteiger partial charge in [0.05, 0.1) is 0 Å². The average Bonchev–Trinajstić information content (AvgIpc) is 2.17. The van der Waals surface area contributed by atoms with Gasteiger partial charge in [-0.1, -0.05) is 22.6 Å². The van der Waals surface area contributed by atoms with E-state index in [1.54, 1.807) is 0 Å². The van der Waals surface area contributed by atoms with E-state index in [1.165, 1.54) is 12.1 Å². The third-order valence-corrected chi connectivity index (χ3v) is 1.46. The van der Waals surface area contributed by atoms with E-state index in [2.05, 4.69) is 26.1 Å². The van der Waals surface area contributed by atoms with Crippen molar-refractivity contribution in [3.05, 3.63) is 11.9 Å². The van der Waals surface area contributed by atoms with E-state index in [0.717, 1.165) is 12.0 Å². The van der Waals surface area contributed by atoms with Crippen molar-refractivity contribution in [2.45, 2.75) is 19.8 Å². The first kappa shape index (κ1) is 6.76. The van der Waals surface area contributed by atoms with Gasteiger partial charge in [-0.15, -0.1) is 0 Å². The first-order valence-electron chi connectivity index (χ1n) is 3.12. The van der Waals surface area contributed by atoms with Gasteiger partial charge < -0.3 is 4.98 Å². The zero-order chi connectivity index (χ0) is 6.69. The van der Waals surface area contributed by atoms with Crippen LogP contribution >= 0.6 is 9.24 Å². The van der Waals surface area contributed by atoms with Crippen molar-refractivity contribution in [1.82, 2.24) is 9.97 Å². The fourth-order valence-electron chi connectivity index (χ4n) is 0.773. The summed E-state index contributed by atoms with van der Waals surface area (Å²) >= 11 is 0. The summed E-state index contributed by atoms with van der Waals surface area (Å²) in [6, 6.07) is 0. The Morgan fingerprint density at radius 2 is 2.56 bits per heavy atom. The minimum absolute atomic E-state index is 0.929. The third kappa shape index (κ3) is 1.79. The molecule has 0 aliphatic rings. The molecule has 1 atom stereocenters. The van der Waals surface area contributed by atoms with E-state index in [-0.39, 0.29) is 0 Å². The molecule has 1 unspecified atom stereocenters. The summed E-state index contributed by atoms with van der Waals surface area (Å²) in [7, 11) is 2.53. The number of H-pyrrole nitrogens is 1. The SMILES string of the molecule is CCCc1cnc(P)[nH]1. The average molecular weight is 142 g/mol. The zero-order valence-electron chi connectivity index (χ0n) is 5.52. The van der Waals surface area contributed by atoms with Gasteiger partial charge in [-0.05, 0) is 6.42 Å². The number of imidazole rings is 1. The topological polar surface area (TPSA) is 28.7 Å². The fourth-order valence-corrected chi connectivity index (χ4v) is 1.03. The molecule has 0 saturated carbocycles. The highest BCUT2D eigenvalue weighted by molar-refractivity contribution is 7.26. The van der Waals surface area contributed by atoms with Gasteiger partial charge >= 0.3 is 0 Å². The first-order valence-corrected chi connectivity index (χ1v) is 3.70. The smallest absolute Gasteiger partial charge is 0.122 e. The molecule has 0 aliphatic carbocycles. The Bertz CT molecular complexity index is 183. The van der Waals surface area contributed by atoms with Gasteiger partial charge in [-0.3, -0.25) is 0 Å². The van der Waals surface area contributed by atoms with Gasteiger partial charge in [0, 0.05) is 11.9 Å². The summed E-state index contributed by atoms with van der Waals surface area (Å²) in [6.07, 6.45) is 4.15. The Labute approximate surface area is 57.3 Å². The van der Waals surface area contributed by atoms with Crippen LogP contribution in [0.15, 0.2) is 6.20 Å². The van der Waals surface area contributed by atoms with Gasteiger partial charge in [-0.25, -0.2) is 4.98 Å². The van der Waals surface area contributed by atoms with E-state index in [9.17, 15) is 0 Å². The number of aromatic amines is 1. The third-order valence-electron chi connectivity index (χ3n) is 1.17. The fraction of sp³-hybridized carbons (Fsp3) is 0.500. The van der Waals surface area contributed by atoms with Crippen molar-refractivity contribution >= 4 is 14.8 Å². The molecule has 0 bridgehead atoms. The summed E-state index contributed by atoms with van der Waals surface area (Å²) in [5, 5.41) is 0. The summed E-state index contributed by atoms with van der Waals surface area (Å²) in [4.78, 5) is 7.17. The lowest BCUT2D eigenvalue weighted by molar-refractivity contribution is 0.894. The Kier molecular flexibility index (Phi) is 2.23. The molecule has 3 heteroatoms. The second-order valence-electron chi connectivity index (χ2n) is 2.04. The van der Waals surface area contributed by atoms with Gasteiger partial charge in [-0.2, -0.15) is 0 Å². The molecule has 2 nitrogen and oxygen atoms in total. The molecular weight excluding hydrogens is 131 g/mol. The lowest BCUT2D eigenvalue weighted by Gasteiger charge is -1.87. The van der Waals surface area contributed by atoms with Crippen LogP contribution in [0.25, 0.3) is 0 Å². The Morgan fingerprint density at radius 1 is 1.78 bits per heavy atom. The van der Waals surface area contributed by atoms with Crippen molar-refractivity contribution < 1.29 is 0 Å². The lowest BCUT2D eigenvalue weighted by atomic mass is 10.3. The largest absolute Gasteiger partial charge is 0.343 e. The molecule has 50 valence electrons. The number of aryl methyl sites for hydroxylation is 1. The summed E-state index contributed by atoms with van der Waals surface area (Å²) in [5.74, 6) is 0. The standard InChI is InChI=1S/C6H11N2P/c1-2-3-5-4-7-6(9)8-5/h4H,2-3,9H2,1H3,(H,7,8). The highest BCUT2D eigenvalue weighted by atomic mass is 31.0. The van der Waals surface area contributed by atoms with E-state index in [4.69, 9.17) is 0 Å². The van der Waals surface area contributed by atoms with Crippen LogP contribution in [-0.4, -0.2) is 9.97 Å². The quantitative estimate of drug-likeness (QED) is 0.609. The van der Waals surface area contributed by atoms with Crippen LogP contribution in [0.4, 0.5) is 0 Å². The first-order chi connectivity index (χ1) is 4.33. The second-order valence-corrected chi connectivity index (χ2v) is 2.59. The van der Waals surface area contributed by atoms with E-state index in [1.807, 2.05) is 6.20 Å². The monoisotopic (exact) mass is 142 g/mol. The molecule has 1 N–H and O–H groups in total. The molecule has 0 aromatic carbocycles. The maximum atomic E-state index is 4.04. The number of rotatable bonds is 2. The molecule has 0 aliphatic heterocycles. The molecule has 0 saturated heterocycles. The van der Waals surface area contributed by atoms with E-state index < -0.39 is 0 Å². The number of nitrogens with one attached hydrogen (secondary N) is 1. The Balaban J connectivity index is 2.61. The highest BCUT2D eigenvalue weighted by Gasteiger charge is 1.92. The van der Waals surface area contributed by atoms with Crippen LogP contribution in [0.5, 0.6) is 0 Å². The molecule has 1 aromatic heterocycles. The van der Waals surface area contributed by atoms with Crippen molar-refractivity contribution in [1.29, 1.82) is 0 Å². The van der Waals surface area contributed by atoms with Crippen LogP contribution in [0.3, 0.4) is 0 Å². The van der Waals surface area contributed by atoms with E-state index >= 15 is 0 Å². The van der Waals surface area contributed by atoms with Crippen LogP contribution in [0.1, 0.15) is 19.0 Å². The predicted octanol–water partition coefficient (Wildman–Crippen LogP) is 0.863. The highest BCUT2D eigenvalue weighted by Crippen LogP contribution is 1.95. The minimum Gasteiger partial charge on any atom is -0.343 e. The number of aromatic nitrogens is 2. The molecular formula is C6H11N2P. The second kappa shape index (κ2) is 2.98. The van der Waals surface area contributed by atoms with Gasteiger partial charge in [0.25, 0.3) is 0 Å². The van der Waals surface area contributed by atoms with Crippen LogP contribution in [0.2, 0.25) is 0 Å². The summed E-state index contributed by atoms with van der Waals surface area (Å²) < 4.78 is 0. The van der Waals surface area contributed by atoms with E-state index in [0.29, 0.717) is 0 Å². The normalized spacial score (nSPS) is 10.0. The maximum absolute atomic E-state index is 4.04. The van der Waals surface area contributed by atoms with Crippen LogP contribution in [-0.2, 0) is 6.42 Å². The van der Waals surface area contributed by atoms with Gasteiger partial charge in [0.1, 0.15) is 5.57 Å². The molecule has 0 amide bonds. The number of hydrogen-bond acceptors (Lipinski definition) is 1. The van der Waals surface area contributed by atoms with Crippen molar-refractivity contribution in [3.8, 4) is 0 Å². The maximum Gasteiger partial charge on any atom is 0.122 e. The lowest BCUT2D eigenvalue weighted by Crippen LogP contribution is -1.93. The number of hydrogen-bond donors (Lipinski definition) is 1.